The van der Waals surface area contributed by atoms with Crippen LogP contribution in [0, 0.1) is 31.6 Å². The Labute approximate surface area is 244 Å². The zero-order valence-electron chi connectivity index (χ0n) is 23.6. The van der Waals surface area contributed by atoms with E-state index in [1.165, 1.54) is 0 Å². The molecule has 2 aliphatic heterocycles. The van der Waals surface area contributed by atoms with E-state index in [0.717, 1.165) is 64.8 Å². The molecule has 3 atom stereocenters. The van der Waals surface area contributed by atoms with Crippen molar-refractivity contribution in [3.05, 3.63) is 64.0 Å². The number of hydrogen-bond acceptors (Lipinski definition) is 7. The highest BCUT2D eigenvalue weighted by molar-refractivity contribution is 7.14. The molecule has 6 rings (SSSR count). The minimum atomic E-state index is -0.655. The summed E-state index contributed by atoms with van der Waals surface area (Å²) >= 11 is 1.60. The van der Waals surface area contributed by atoms with Gasteiger partial charge < -0.3 is 24.7 Å². The second-order valence-electron chi connectivity index (χ2n) is 11.8. The molecule has 3 fully saturated rings. The predicted molar refractivity (Wildman–Crippen MR) is 158 cm³/mol. The Morgan fingerprint density at radius 2 is 1.76 bits per heavy atom. The fourth-order valence-corrected chi connectivity index (χ4v) is 7.53. The number of carbonyl (C=O) groups is 2. The van der Waals surface area contributed by atoms with Crippen LogP contribution in [0.4, 0.5) is 5.13 Å². The van der Waals surface area contributed by atoms with E-state index in [0.29, 0.717) is 38.1 Å². The largest absolute Gasteiger partial charge is 0.488 e. The number of fused-ring (bicyclic) bond motifs is 2. The quantitative estimate of drug-likeness (QED) is 0.402. The molecule has 2 N–H and O–H groups in total. The number of likely N-dealkylation sites (tertiary alicyclic amines) is 1. The highest BCUT2D eigenvalue weighted by Crippen LogP contribution is 2.44. The molecule has 1 aliphatic carbocycles. The highest BCUT2D eigenvalue weighted by Gasteiger charge is 2.46. The zero-order chi connectivity index (χ0) is 28.7. The van der Waals surface area contributed by atoms with Crippen LogP contribution in [0.5, 0.6) is 5.75 Å². The summed E-state index contributed by atoms with van der Waals surface area (Å²) < 4.78 is 6.34. The van der Waals surface area contributed by atoms with Crippen LogP contribution < -0.4 is 9.64 Å². The second-order valence-corrected chi connectivity index (χ2v) is 12.7. The van der Waals surface area contributed by atoms with Gasteiger partial charge in [0.05, 0.1) is 17.7 Å². The molecule has 8 nitrogen and oxygen atoms in total. The topological polar surface area (TPSA) is 103 Å². The number of carbonyl (C=O) groups excluding carboxylic acids is 1. The van der Waals surface area contributed by atoms with E-state index >= 15 is 0 Å². The van der Waals surface area contributed by atoms with Gasteiger partial charge in [0.15, 0.2) is 5.13 Å². The lowest BCUT2D eigenvalue weighted by Crippen LogP contribution is -2.44. The minimum Gasteiger partial charge on any atom is -0.488 e. The molecule has 1 unspecified atom stereocenters. The molecule has 0 radical (unpaired) electrons. The summed E-state index contributed by atoms with van der Waals surface area (Å²) in [5.41, 5.74) is 5.59. The van der Waals surface area contributed by atoms with Crippen molar-refractivity contribution in [3.63, 3.8) is 0 Å². The molecule has 3 aliphatic rings. The number of aliphatic hydroxyl groups excluding tert-OH is 1. The Morgan fingerprint density at radius 3 is 2.44 bits per heavy atom. The van der Waals surface area contributed by atoms with Crippen LogP contribution in [-0.4, -0.2) is 64.3 Å². The van der Waals surface area contributed by atoms with Gasteiger partial charge in [-0.2, -0.15) is 0 Å². The number of nitrogens with zero attached hydrogens (tertiary/aromatic N) is 3. The number of aromatic nitrogens is 1. The Morgan fingerprint density at radius 1 is 1.02 bits per heavy atom. The van der Waals surface area contributed by atoms with Gasteiger partial charge in [0.2, 0.25) is 0 Å². The van der Waals surface area contributed by atoms with Crippen molar-refractivity contribution in [1.82, 2.24) is 9.88 Å². The van der Waals surface area contributed by atoms with Crippen molar-refractivity contribution in [3.8, 4) is 17.0 Å². The maximum absolute atomic E-state index is 13.0. The molecule has 3 heterocycles. The summed E-state index contributed by atoms with van der Waals surface area (Å²) in [6.45, 7) is 7.08. The van der Waals surface area contributed by atoms with Crippen LogP contribution >= 0.6 is 11.3 Å². The van der Waals surface area contributed by atoms with Gasteiger partial charge in [0.25, 0.3) is 5.91 Å². The SMILES string of the molecule is Cc1ccc(OCc2ccc(C(=O)N3CCC(O)CC3)cc2C)c(-c2csc(N3CC4CC[C@H](C3)[C@@H]4C(=O)O)n2)c1. The number of amides is 1. The van der Waals surface area contributed by atoms with E-state index in [2.05, 4.69) is 23.3 Å². The van der Waals surface area contributed by atoms with Gasteiger partial charge in [-0.3, -0.25) is 9.59 Å². The van der Waals surface area contributed by atoms with Gasteiger partial charge in [0, 0.05) is 42.7 Å². The van der Waals surface area contributed by atoms with Gasteiger partial charge in [-0.05, 0) is 86.8 Å². The van der Waals surface area contributed by atoms with Gasteiger partial charge in [-0.1, -0.05) is 17.7 Å². The third-order valence-electron chi connectivity index (χ3n) is 9.02. The smallest absolute Gasteiger partial charge is 0.307 e. The molecule has 1 aromatic heterocycles. The number of anilines is 1. The maximum atomic E-state index is 13.0. The van der Waals surface area contributed by atoms with Crippen LogP contribution in [0.1, 0.15) is 52.7 Å². The first-order valence-corrected chi connectivity index (χ1v) is 15.4. The number of carboxylic acid groups (broad SMARTS) is 1. The molecule has 9 heteroatoms. The Hall–Kier alpha value is -3.43. The number of ether oxygens (including phenoxy) is 1. The lowest BCUT2D eigenvalue weighted by atomic mass is 9.85. The van der Waals surface area contributed by atoms with Crippen LogP contribution in [0.3, 0.4) is 0 Å². The number of aryl methyl sites for hydroxylation is 2. The van der Waals surface area contributed by atoms with E-state index < -0.39 is 5.97 Å². The standard InChI is InChI=1S/C32H37N3O5S/c1-19-3-8-28(40-17-24-7-4-21(14-20(24)2)30(37)34-11-9-25(36)10-12-34)26(13-19)27-18-41-32(33-27)35-15-22-5-6-23(16-35)29(22)31(38)39/h3-4,7-8,13-14,18,22-23,25,29,36H,5-6,9-12,15-17H2,1-2H3,(H,38,39)/t22-,23?,29+/m1/s1. The van der Waals surface area contributed by atoms with Crippen LogP contribution in [-0.2, 0) is 11.4 Å². The molecule has 2 aromatic carbocycles. The van der Waals surface area contributed by atoms with Gasteiger partial charge in [-0.15, -0.1) is 11.3 Å². The number of carboxylic acids is 1. The third-order valence-corrected chi connectivity index (χ3v) is 9.92. The number of thiazole rings is 1. The number of aliphatic hydroxyl groups is 1. The molecule has 1 amide bonds. The summed E-state index contributed by atoms with van der Waals surface area (Å²) in [7, 11) is 0. The first-order valence-electron chi connectivity index (χ1n) is 14.5. The second kappa shape index (κ2) is 11.4. The molecule has 41 heavy (non-hydrogen) atoms. The number of rotatable bonds is 7. The molecule has 3 aromatic rings. The molecule has 1 saturated carbocycles. The van der Waals surface area contributed by atoms with Gasteiger partial charge in [0.1, 0.15) is 12.4 Å². The summed E-state index contributed by atoms with van der Waals surface area (Å²) in [6.07, 6.45) is 2.89. The Balaban J connectivity index is 1.15. The minimum absolute atomic E-state index is 0.00724. The first-order chi connectivity index (χ1) is 19.8. The lowest BCUT2D eigenvalue weighted by Gasteiger charge is -2.35. The molecule has 2 saturated heterocycles. The monoisotopic (exact) mass is 575 g/mol. The fourth-order valence-electron chi connectivity index (χ4n) is 6.68. The summed E-state index contributed by atoms with van der Waals surface area (Å²) in [5.74, 6) is 0.259. The van der Waals surface area contributed by atoms with Crippen molar-refractivity contribution in [2.75, 3.05) is 31.1 Å². The maximum Gasteiger partial charge on any atom is 0.307 e. The third kappa shape index (κ3) is 5.70. The van der Waals surface area contributed by atoms with Gasteiger partial charge >= 0.3 is 5.97 Å². The molecular formula is C32H37N3O5S. The van der Waals surface area contributed by atoms with Crippen molar-refractivity contribution in [2.45, 2.75) is 52.2 Å². The van der Waals surface area contributed by atoms with Crippen LogP contribution in [0.2, 0.25) is 0 Å². The van der Waals surface area contributed by atoms with E-state index in [4.69, 9.17) is 9.72 Å². The van der Waals surface area contributed by atoms with E-state index in [-0.39, 0.29) is 29.8 Å². The van der Waals surface area contributed by atoms with E-state index in [9.17, 15) is 19.8 Å². The molecular weight excluding hydrogens is 538 g/mol. The average molecular weight is 576 g/mol. The number of aliphatic carboxylic acids is 1. The predicted octanol–water partition coefficient (Wildman–Crippen LogP) is 5.15. The molecule has 0 spiro atoms. The number of hydrogen-bond donors (Lipinski definition) is 2. The highest BCUT2D eigenvalue weighted by atomic mass is 32.1. The van der Waals surface area contributed by atoms with Crippen molar-refractivity contribution in [2.24, 2.45) is 17.8 Å². The van der Waals surface area contributed by atoms with Gasteiger partial charge in [-0.25, -0.2) is 4.98 Å². The van der Waals surface area contributed by atoms with E-state index in [1.54, 1.807) is 11.3 Å². The molecule has 2 bridgehead atoms. The summed E-state index contributed by atoms with van der Waals surface area (Å²) in [4.78, 5) is 33.8. The molecule has 216 valence electrons. The summed E-state index contributed by atoms with van der Waals surface area (Å²) in [5, 5.41) is 22.4. The normalized spacial score (nSPS) is 22.7. The Bertz CT molecular complexity index is 1430. The van der Waals surface area contributed by atoms with Crippen molar-refractivity contribution in [1.29, 1.82) is 0 Å². The Kier molecular flexibility index (Phi) is 7.74. The summed E-state index contributed by atoms with van der Waals surface area (Å²) in [6, 6.07) is 11.9. The fraction of sp³-hybridized carbons (Fsp3) is 0.469. The lowest BCUT2D eigenvalue weighted by molar-refractivity contribution is -0.144. The van der Waals surface area contributed by atoms with Crippen molar-refractivity contribution >= 4 is 28.3 Å². The van der Waals surface area contributed by atoms with Crippen LogP contribution in [0.25, 0.3) is 11.3 Å². The van der Waals surface area contributed by atoms with Crippen molar-refractivity contribution < 1.29 is 24.5 Å². The number of piperidine rings is 2. The average Bonchev–Trinajstić information content (AvgIpc) is 3.55. The zero-order valence-corrected chi connectivity index (χ0v) is 24.4. The number of benzene rings is 2. The van der Waals surface area contributed by atoms with E-state index in [1.807, 2.05) is 42.2 Å². The van der Waals surface area contributed by atoms with Crippen LogP contribution in [0.15, 0.2) is 41.8 Å². The first kappa shape index (κ1) is 27.7.